The Kier molecular flexibility index (Phi) is 5.40. The van der Waals surface area contributed by atoms with E-state index in [1.165, 1.54) is 47.2 Å². The highest BCUT2D eigenvalue weighted by Gasteiger charge is 2.23. The van der Waals surface area contributed by atoms with Crippen LogP contribution in [0.15, 0.2) is 36.4 Å². The summed E-state index contributed by atoms with van der Waals surface area (Å²) in [5.41, 5.74) is 7.34. The highest BCUT2D eigenvalue weighted by atomic mass is 16.5. The van der Waals surface area contributed by atoms with Gasteiger partial charge in [0.1, 0.15) is 5.75 Å². The average molecular weight is 365 g/mol. The Bertz CT molecular complexity index is 801. The van der Waals surface area contributed by atoms with E-state index in [0.29, 0.717) is 5.92 Å². The van der Waals surface area contributed by atoms with Gasteiger partial charge in [0, 0.05) is 32.4 Å². The summed E-state index contributed by atoms with van der Waals surface area (Å²) in [4.78, 5) is 4.89. The lowest BCUT2D eigenvalue weighted by Crippen LogP contribution is -2.28. The van der Waals surface area contributed by atoms with E-state index < -0.39 is 0 Å². The summed E-state index contributed by atoms with van der Waals surface area (Å²) in [6, 6.07) is 13.6. The predicted octanol–water partition coefficient (Wildman–Crippen LogP) is 4.28. The number of hydrogen-bond acceptors (Lipinski definition) is 3. The predicted molar refractivity (Wildman–Crippen MR) is 113 cm³/mol. The van der Waals surface area contributed by atoms with Crippen LogP contribution in [0.1, 0.15) is 41.0 Å². The third kappa shape index (κ3) is 3.84. The summed E-state index contributed by atoms with van der Waals surface area (Å²) in [6.45, 7) is 3.40. The molecule has 3 heteroatoms. The molecule has 4 rings (SSSR count). The molecule has 1 atom stereocenters. The normalized spacial score (nSPS) is 18.5. The van der Waals surface area contributed by atoms with Gasteiger partial charge in [-0.1, -0.05) is 24.3 Å². The molecule has 0 bridgehead atoms. The van der Waals surface area contributed by atoms with Gasteiger partial charge >= 0.3 is 0 Å². The van der Waals surface area contributed by atoms with Gasteiger partial charge in [-0.2, -0.15) is 0 Å². The monoisotopic (exact) mass is 364 g/mol. The number of likely N-dealkylation sites (N-methyl/N-ethyl adjacent to an activating group) is 2. The van der Waals surface area contributed by atoms with Gasteiger partial charge in [-0.05, 0) is 79.5 Å². The highest BCUT2D eigenvalue weighted by Crippen LogP contribution is 2.37. The summed E-state index contributed by atoms with van der Waals surface area (Å²) in [5, 5.41) is 0. The molecule has 0 amide bonds. The number of ether oxygens (including phenoxy) is 1. The van der Waals surface area contributed by atoms with E-state index in [9.17, 15) is 0 Å². The highest BCUT2D eigenvalue weighted by molar-refractivity contribution is 5.59. The first kappa shape index (κ1) is 18.4. The number of anilines is 1. The molecule has 0 saturated carbocycles. The number of fused-ring (bicyclic) bond motifs is 2. The fourth-order valence-electron chi connectivity index (χ4n) is 4.82. The van der Waals surface area contributed by atoms with Gasteiger partial charge in [0.2, 0.25) is 0 Å². The van der Waals surface area contributed by atoms with E-state index in [4.69, 9.17) is 4.74 Å². The topological polar surface area (TPSA) is 15.7 Å². The number of rotatable bonds is 6. The van der Waals surface area contributed by atoms with Crippen LogP contribution < -0.4 is 9.64 Å². The molecule has 1 aliphatic heterocycles. The molecule has 1 heterocycles. The fourth-order valence-corrected chi connectivity index (χ4v) is 4.82. The van der Waals surface area contributed by atoms with Gasteiger partial charge in [0.05, 0.1) is 7.11 Å². The van der Waals surface area contributed by atoms with Crippen LogP contribution in [0.5, 0.6) is 5.75 Å². The molecule has 27 heavy (non-hydrogen) atoms. The zero-order chi connectivity index (χ0) is 18.8. The van der Waals surface area contributed by atoms with Gasteiger partial charge in [0.25, 0.3) is 0 Å². The smallest absolute Gasteiger partial charge is 0.122 e. The van der Waals surface area contributed by atoms with Gasteiger partial charge in [-0.25, -0.2) is 0 Å². The van der Waals surface area contributed by atoms with Crippen molar-refractivity contribution in [3.63, 3.8) is 0 Å². The molecule has 1 aliphatic carbocycles. The molecular formula is C24H32N2O. The largest absolute Gasteiger partial charge is 0.496 e. The maximum Gasteiger partial charge on any atom is 0.122 e. The molecule has 0 fully saturated rings. The summed E-state index contributed by atoms with van der Waals surface area (Å²) in [6.07, 6.45) is 6.02. The van der Waals surface area contributed by atoms with Crippen molar-refractivity contribution in [2.24, 2.45) is 0 Å². The van der Waals surface area contributed by atoms with Gasteiger partial charge < -0.3 is 14.5 Å². The molecule has 0 radical (unpaired) electrons. The van der Waals surface area contributed by atoms with Gasteiger partial charge in [-0.15, -0.1) is 0 Å². The van der Waals surface area contributed by atoms with E-state index in [2.05, 4.69) is 60.3 Å². The molecule has 2 aromatic rings. The van der Waals surface area contributed by atoms with Crippen LogP contribution in [0.3, 0.4) is 0 Å². The van der Waals surface area contributed by atoms with Crippen LogP contribution in [-0.4, -0.2) is 45.7 Å². The van der Waals surface area contributed by atoms with Crippen molar-refractivity contribution in [2.75, 3.05) is 45.7 Å². The minimum atomic E-state index is 0.625. The molecule has 0 spiro atoms. The third-order valence-corrected chi connectivity index (χ3v) is 6.40. The van der Waals surface area contributed by atoms with Crippen molar-refractivity contribution in [3.8, 4) is 5.75 Å². The number of methoxy groups -OCH3 is 1. The summed E-state index contributed by atoms with van der Waals surface area (Å²) >= 11 is 0. The number of benzene rings is 2. The number of nitrogens with zero attached hydrogens (tertiary/aromatic N) is 2. The first-order chi connectivity index (χ1) is 13.2. The van der Waals surface area contributed by atoms with Crippen LogP contribution in [0.25, 0.3) is 0 Å². The standard InChI is InChI=1S/C24H32N2O/c1-25(14-12-18-10-11-19-13-15-26(2)23(19)16-18)17-20-6-4-8-22-21(20)7-5-9-24(22)27-3/h5,7,9-11,16,20H,4,6,8,12-15,17H2,1-3H3/t20-/m0/s1. The van der Waals surface area contributed by atoms with E-state index in [-0.39, 0.29) is 0 Å². The lowest BCUT2D eigenvalue weighted by molar-refractivity contribution is 0.299. The lowest BCUT2D eigenvalue weighted by Gasteiger charge is -2.30. The molecular weight excluding hydrogens is 332 g/mol. The van der Waals surface area contributed by atoms with E-state index in [1.54, 1.807) is 7.11 Å². The molecule has 0 aromatic heterocycles. The maximum absolute atomic E-state index is 5.60. The molecule has 144 valence electrons. The van der Waals surface area contributed by atoms with Gasteiger partial charge in [0.15, 0.2) is 0 Å². The molecule has 0 unspecified atom stereocenters. The Labute approximate surface area is 163 Å². The molecule has 2 aromatic carbocycles. The quantitative estimate of drug-likeness (QED) is 0.761. The van der Waals surface area contributed by atoms with E-state index in [0.717, 1.165) is 38.2 Å². The Morgan fingerprint density at radius 1 is 1.19 bits per heavy atom. The Morgan fingerprint density at radius 3 is 2.93 bits per heavy atom. The zero-order valence-electron chi connectivity index (χ0n) is 17.0. The van der Waals surface area contributed by atoms with Crippen molar-refractivity contribution in [1.82, 2.24) is 4.90 Å². The van der Waals surface area contributed by atoms with Gasteiger partial charge in [-0.3, -0.25) is 0 Å². The second-order valence-corrected chi connectivity index (χ2v) is 8.26. The minimum Gasteiger partial charge on any atom is -0.496 e. The summed E-state index contributed by atoms with van der Waals surface area (Å²) in [7, 11) is 6.27. The molecule has 0 N–H and O–H groups in total. The van der Waals surface area contributed by atoms with Crippen LogP contribution in [0, 0.1) is 0 Å². The second-order valence-electron chi connectivity index (χ2n) is 8.26. The molecule has 3 nitrogen and oxygen atoms in total. The third-order valence-electron chi connectivity index (χ3n) is 6.40. The van der Waals surface area contributed by atoms with Crippen LogP contribution in [0.4, 0.5) is 5.69 Å². The lowest BCUT2D eigenvalue weighted by atomic mass is 9.82. The molecule has 2 aliphatic rings. The minimum absolute atomic E-state index is 0.625. The summed E-state index contributed by atoms with van der Waals surface area (Å²) < 4.78 is 5.60. The average Bonchev–Trinajstić information content (AvgIpc) is 3.06. The van der Waals surface area contributed by atoms with Crippen molar-refractivity contribution in [3.05, 3.63) is 58.7 Å². The maximum atomic E-state index is 5.60. The second kappa shape index (κ2) is 7.93. The Morgan fingerprint density at radius 2 is 2.07 bits per heavy atom. The van der Waals surface area contributed by atoms with Crippen molar-refractivity contribution in [2.45, 2.75) is 38.0 Å². The SMILES string of the molecule is COc1cccc2c1CCC[C@H]2CN(C)CCc1ccc2c(c1)N(C)CC2. The zero-order valence-corrected chi connectivity index (χ0v) is 17.0. The fraction of sp³-hybridized carbons (Fsp3) is 0.500. The van der Waals surface area contributed by atoms with Crippen molar-refractivity contribution in [1.29, 1.82) is 0 Å². The van der Waals surface area contributed by atoms with Crippen LogP contribution in [0.2, 0.25) is 0 Å². The Balaban J connectivity index is 1.38. The first-order valence-electron chi connectivity index (χ1n) is 10.3. The molecule has 0 saturated heterocycles. The van der Waals surface area contributed by atoms with Crippen molar-refractivity contribution < 1.29 is 4.74 Å². The summed E-state index contributed by atoms with van der Waals surface area (Å²) in [5.74, 6) is 1.70. The van der Waals surface area contributed by atoms with Crippen molar-refractivity contribution >= 4 is 5.69 Å². The van der Waals surface area contributed by atoms with E-state index in [1.807, 2.05) is 0 Å². The van der Waals surface area contributed by atoms with E-state index >= 15 is 0 Å². The van der Waals surface area contributed by atoms with Crippen LogP contribution >= 0.6 is 0 Å². The van der Waals surface area contributed by atoms with Crippen LogP contribution in [-0.2, 0) is 19.3 Å². The number of hydrogen-bond donors (Lipinski definition) is 0. The Hall–Kier alpha value is -2.00. The first-order valence-corrected chi connectivity index (χ1v) is 10.3.